The fraction of sp³-hybridized carbons (Fsp3) is 0.357. The van der Waals surface area contributed by atoms with Gasteiger partial charge in [0.25, 0.3) is 0 Å². The van der Waals surface area contributed by atoms with Crippen LogP contribution >= 0.6 is 11.3 Å². The summed E-state index contributed by atoms with van der Waals surface area (Å²) in [5.41, 5.74) is 1.58. The highest BCUT2D eigenvalue weighted by Crippen LogP contribution is 2.20. The van der Waals surface area contributed by atoms with E-state index < -0.39 is 10.0 Å². The van der Waals surface area contributed by atoms with Crippen LogP contribution < -0.4 is 10.0 Å². The molecule has 128 valence electrons. The lowest BCUT2D eigenvalue weighted by atomic mass is 10.3. The summed E-state index contributed by atoms with van der Waals surface area (Å²) in [5, 5.41) is 19.6. The summed E-state index contributed by atoms with van der Waals surface area (Å²) in [6.45, 7) is 3.84. The Labute approximate surface area is 144 Å². The second-order valence-corrected chi connectivity index (χ2v) is 8.20. The topological polar surface area (TPSA) is 101 Å². The van der Waals surface area contributed by atoms with E-state index in [1.165, 1.54) is 0 Å². The van der Waals surface area contributed by atoms with Crippen LogP contribution in [0.25, 0.3) is 17.0 Å². The molecule has 0 aromatic carbocycles. The number of rotatable bonds is 7. The van der Waals surface area contributed by atoms with Gasteiger partial charge in [-0.25, -0.2) is 13.1 Å². The lowest BCUT2D eigenvalue weighted by Gasteiger charge is -2.10. The van der Waals surface area contributed by atoms with Gasteiger partial charge in [0.05, 0.1) is 5.75 Å². The van der Waals surface area contributed by atoms with E-state index >= 15 is 0 Å². The minimum Gasteiger partial charge on any atom is -0.368 e. The molecule has 2 N–H and O–H groups in total. The second-order valence-electron chi connectivity index (χ2n) is 5.54. The van der Waals surface area contributed by atoms with E-state index in [9.17, 15) is 8.42 Å². The Hall–Kier alpha value is -2.04. The highest BCUT2D eigenvalue weighted by Gasteiger charge is 2.13. The van der Waals surface area contributed by atoms with E-state index in [2.05, 4.69) is 25.3 Å². The van der Waals surface area contributed by atoms with Gasteiger partial charge in [-0.2, -0.15) is 15.9 Å². The Kier molecular flexibility index (Phi) is 4.78. The predicted octanol–water partition coefficient (Wildman–Crippen LogP) is 1.59. The maximum Gasteiger partial charge on any atom is 0.213 e. The number of hydrogen-bond donors (Lipinski definition) is 2. The van der Waals surface area contributed by atoms with E-state index in [4.69, 9.17) is 0 Å². The van der Waals surface area contributed by atoms with E-state index in [-0.39, 0.29) is 18.3 Å². The lowest BCUT2D eigenvalue weighted by molar-refractivity contribution is 0.570. The van der Waals surface area contributed by atoms with Crippen LogP contribution in [-0.4, -0.2) is 46.6 Å². The van der Waals surface area contributed by atoms with Crippen LogP contribution in [0.1, 0.15) is 13.8 Å². The average Bonchev–Trinajstić information content (AvgIpc) is 3.13. The van der Waals surface area contributed by atoms with Crippen molar-refractivity contribution in [3.05, 3.63) is 29.0 Å². The highest BCUT2D eigenvalue weighted by atomic mass is 32.2. The summed E-state index contributed by atoms with van der Waals surface area (Å²) in [6.07, 6.45) is 0. The lowest BCUT2D eigenvalue weighted by Crippen LogP contribution is -2.34. The molecule has 0 atom stereocenters. The number of aromatic nitrogens is 4. The monoisotopic (exact) mass is 366 g/mol. The van der Waals surface area contributed by atoms with Crippen LogP contribution in [0.2, 0.25) is 0 Å². The van der Waals surface area contributed by atoms with Crippen molar-refractivity contribution < 1.29 is 8.42 Å². The number of nitrogens with zero attached hydrogens (tertiary/aromatic N) is 4. The summed E-state index contributed by atoms with van der Waals surface area (Å²) in [4.78, 5) is 0. The molecule has 8 nitrogen and oxygen atoms in total. The van der Waals surface area contributed by atoms with E-state index in [0.29, 0.717) is 17.3 Å². The van der Waals surface area contributed by atoms with Crippen LogP contribution in [-0.2, 0) is 10.0 Å². The molecular weight excluding hydrogens is 348 g/mol. The number of fused-ring (bicyclic) bond motifs is 1. The van der Waals surface area contributed by atoms with Crippen molar-refractivity contribution in [3.63, 3.8) is 0 Å². The molecule has 0 spiro atoms. The highest BCUT2D eigenvalue weighted by molar-refractivity contribution is 7.89. The molecule has 0 unspecified atom stereocenters. The fourth-order valence-electron chi connectivity index (χ4n) is 2.19. The maximum atomic E-state index is 11.8. The van der Waals surface area contributed by atoms with Crippen molar-refractivity contribution in [2.75, 3.05) is 17.6 Å². The van der Waals surface area contributed by atoms with Gasteiger partial charge in [0, 0.05) is 23.5 Å². The summed E-state index contributed by atoms with van der Waals surface area (Å²) in [7, 11) is -3.30. The maximum absolute atomic E-state index is 11.8. The third-order valence-corrected chi connectivity index (χ3v) is 5.39. The summed E-state index contributed by atoms with van der Waals surface area (Å²) in [5.74, 6) is 1.20. The first-order valence-electron chi connectivity index (χ1n) is 7.43. The van der Waals surface area contributed by atoms with Gasteiger partial charge in [-0.3, -0.25) is 0 Å². The van der Waals surface area contributed by atoms with Crippen LogP contribution in [0.5, 0.6) is 0 Å². The van der Waals surface area contributed by atoms with Gasteiger partial charge in [-0.15, -0.1) is 15.3 Å². The minimum absolute atomic E-state index is 0.0233. The first kappa shape index (κ1) is 16.8. The van der Waals surface area contributed by atoms with E-state index in [1.54, 1.807) is 41.8 Å². The molecule has 24 heavy (non-hydrogen) atoms. The zero-order valence-corrected chi connectivity index (χ0v) is 14.9. The molecule has 0 aliphatic carbocycles. The van der Waals surface area contributed by atoms with E-state index in [1.807, 2.05) is 16.8 Å². The molecule has 10 heteroatoms. The van der Waals surface area contributed by atoms with Crippen LogP contribution in [0.15, 0.2) is 29.0 Å². The third kappa shape index (κ3) is 3.89. The molecule has 0 fully saturated rings. The van der Waals surface area contributed by atoms with Gasteiger partial charge in [-0.1, -0.05) is 0 Å². The zero-order chi connectivity index (χ0) is 17.2. The molecule has 3 rings (SSSR count). The third-order valence-electron chi connectivity index (χ3n) is 3.13. The number of sulfonamides is 1. The van der Waals surface area contributed by atoms with Crippen LogP contribution in [0.3, 0.4) is 0 Å². The SMILES string of the molecule is CC(C)NS(=O)(=O)CCNc1ccc2nnc(-c3ccsc3)n2n1. The van der Waals surface area contributed by atoms with Crippen molar-refractivity contribution in [3.8, 4) is 11.4 Å². The van der Waals surface area contributed by atoms with Crippen molar-refractivity contribution in [1.29, 1.82) is 0 Å². The van der Waals surface area contributed by atoms with Crippen molar-refractivity contribution >= 4 is 32.8 Å². The Morgan fingerprint density at radius 3 is 2.79 bits per heavy atom. The Morgan fingerprint density at radius 2 is 2.08 bits per heavy atom. The molecule has 3 aromatic heterocycles. The van der Waals surface area contributed by atoms with Gasteiger partial charge < -0.3 is 5.32 Å². The van der Waals surface area contributed by atoms with Crippen molar-refractivity contribution in [1.82, 2.24) is 24.5 Å². The molecule has 0 radical (unpaired) electrons. The minimum atomic E-state index is -3.30. The Bertz CT molecular complexity index is 918. The number of thiophene rings is 1. The van der Waals surface area contributed by atoms with Crippen LogP contribution in [0.4, 0.5) is 5.82 Å². The Morgan fingerprint density at radius 1 is 1.25 bits per heavy atom. The number of nitrogens with one attached hydrogen (secondary N) is 2. The molecule has 0 saturated heterocycles. The Balaban J connectivity index is 1.73. The number of anilines is 1. The fourth-order valence-corrected chi connectivity index (χ4v) is 4.03. The quantitative estimate of drug-likeness (QED) is 0.658. The standard InChI is InChI=1S/C14H18N6O2S2/c1-10(2)19-24(21,22)8-6-15-12-3-4-13-16-17-14(20(13)18-12)11-5-7-23-9-11/h3-5,7,9-10,19H,6,8H2,1-2H3,(H,15,18). The largest absolute Gasteiger partial charge is 0.368 e. The normalized spacial score (nSPS) is 12.1. The molecule has 0 saturated carbocycles. The van der Waals surface area contributed by atoms with Crippen LogP contribution in [0, 0.1) is 0 Å². The van der Waals surface area contributed by atoms with Gasteiger partial charge >= 0.3 is 0 Å². The molecule has 0 bridgehead atoms. The molecule has 3 aromatic rings. The molecular formula is C14H18N6O2S2. The zero-order valence-electron chi connectivity index (χ0n) is 13.3. The summed E-state index contributed by atoms with van der Waals surface area (Å²) < 4.78 is 27.8. The summed E-state index contributed by atoms with van der Waals surface area (Å²) >= 11 is 1.57. The van der Waals surface area contributed by atoms with Gasteiger partial charge in [-0.05, 0) is 37.4 Å². The van der Waals surface area contributed by atoms with Crippen molar-refractivity contribution in [2.24, 2.45) is 0 Å². The first-order valence-corrected chi connectivity index (χ1v) is 10.0. The predicted molar refractivity (Wildman–Crippen MR) is 94.6 cm³/mol. The average molecular weight is 366 g/mol. The molecule has 0 aliphatic heterocycles. The van der Waals surface area contributed by atoms with Gasteiger partial charge in [0.1, 0.15) is 5.82 Å². The van der Waals surface area contributed by atoms with Crippen molar-refractivity contribution in [2.45, 2.75) is 19.9 Å². The number of hydrogen-bond acceptors (Lipinski definition) is 7. The smallest absolute Gasteiger partial charge is 0.213 e. The summed E-state index contributed by atoms with van der Waals surface area (Å²) in [6, 6.07) is 5.38. The van der Waals surface area contributed by atoms with Gasteiger partial charge in [0.15, 0.2) is 11.5 Å². The molecule has 0 amide bonds. The second kappa shape index (κ2) is 6.83. The first-order chi connectivity index (χ1) is 11.4. The molecule has 0 aliphatic rings. The molecule has 3 heterocycles. The van der Waals surface area contributed by atoms with Gasteiger partial charge in [0.2, 0.25) is 10.0 Å². The van der Waals surface area contributed by atoms with E-state index in [0.717, 1.165) is 5.56 Å².